The molecule has 0 spiro atoms. The third-order valence-corrected chi connectivity index (χ3v) is 3.75. The van der Waals surface area contributed by atoms with Crippen LogP contribution in [0.3, 0.4) is 0 Å². The predicted octanol–water partition coefficient (Wildman–Crippen LogP) is 3.29. The molecule has 3 nitrogen and oxygen atoms in total. The SMILES string of the molecule is CCCC1CCC(N(CC(=O)O)CC(F)(F)F)CC1. The van der Waals surface area contributed by atoms with E-state index in [0.717, 1.165) is 30.6 Å². The lowest BCUT2D eigenvalue weighted by atomic mass is 9.83. The number of aliphatic carboxylic acids is 1. The van der Waals surface area contributed by atoms with Crippen LogP contribution in [0.1, 0.15) is 45.4 Å². The van der Waals surface area contributed by atoms with Crippen LogP contribution in [-0.4, -0.2) is 41.3 Å². The van der Waals surface area contributed by atoms with Gasteiger partial charge in [0.25, 0.3) is 0 Å². The van der Waals surface area contributed by atoms with Crippen molar-refractivity contribution >= 4 is 5.97 Å². The molecule has 6 heteroatoms. The van der Waals surface area contributed by atoms with Crippen molar-refractivity contribution in [1.29, 1.82) is 0 Å². The summed E-state index contributed by atoms with van der Waals surface area (Å²) in [6.07, 6.45) is 1.04. The summed E-state index contributed by atoms with van der Waals surface area (Å²) in [5, 5.41) is 8.74. The van der Waals surface area contributed by atoms with E-state index in [4.69, 9.17) is 5.11 Å². The first kappa shape index (κ1) is 16.3. The second-order valence-electron chi connectivity index (χ2n) is 5.38. The number of carboxylic acid groups (broad SMARTS) is 1. The highest BCUT2D eigenvalue weighted by Gasteiger charge is 2.36. The molecule has 0 radical (unpaired) electrons. The Balaban J connectivity index is 2.54. The fraction of sp³-hybridized carbons (Fsp3) is 0.923. The number of carbonyl (C=O) groups is 1. The smallest absolute Gasteiger partial charge is 0.401 e. The first-order valence-corrected chi connectivity index (χ1v) is 6.84. The van der Waals surface area contributed by atoms with Gasteiger partial charge in [-0.05, 0) is 31.6 Å². The Kier molecular flexibility index (Phi) is 6.10. The maximum absolute atomic E-state index is 12.5. The number of rotatable bonds is 6. The molecule has 0 atom stereocenters. The van der Waals surface area contributed by atoms with Crippen molar-refractivity contribution in [2.45, 2.75) is 57.7 Å². The lowest BCUT2D eigenvalue weighted by Crippen LogP contribution is -2.46. The van der Waals surface area contributed by atoms with Gasteiger partial charge >= 0.3 is 12.1 Å². The minimum Gasteiger partial charge on any atom is -0.480 e. The molecule has 1 aliphatic carbocycles. The molecule has 0 saturated heterocycles. The monoisotopic (exact) mass is 281 g/mol. The van der Waals surface area contributed by atoms with E-state index in [1.54, 1.807) is 0 Å². The number of nitrogens with zero attached hydrogens (tertiary/aromatic N) is 1. The van der Waals surface area contributed by atoms with Crippen LogP contribution in [0.2, 0.25) is 0 Å². The van der Waals surface area contributed by atoms with Gasteiger partial charge in [-0.3, -0.25) is 9.69 Å². The molecule has 1 aliphatic rings. The summed E-state index contributed by atoms with van der Waals surface area (Å²) in [6, 6.07) is -0.245. The van der Waals surface area contributed by atoms with Gasteiger partial charge in [0.15, 0.2) is 0 Å². The summed E-state index contributed by atoms with van der Waals surface area (Å²) in [6.45, 7) is 0.456. The second-order valence-corrected chi connectivity index (χ2v) is 5.38. The van der Waals surface area contributed by atoms with Gasteiger partial charge in [-0.25, -0.2) is 0 Å². The summed E-state index contributed by atoms with van der Waals surface area (Å²) >= 11 is 0. The average Bonchev–Trinajstić information content (AvgIpc) is 2.27. The normalized spacial score (nSPS) is 24.7. The molecule has 19 heavy (non-hydrogen) atoms. The van der Waals surface area contributed by atoms with E-state index in [-0.39, 0.29) is 6.04 Å². The van der Waals surface area contributed by atoms with Gasteiger partial charge in [-0.15, -0.1) is 0 Å². The first-order chi connectivity index (χ1) is 8.81. The molecule has 0 bridgehead atoms. The summed E-state index contributed by atoms with van der Waals surface area (Å²) in [5.74, 6) is -0.598. The first-order valence-electron chi connectivity index (χ1n) is 6.84. The van der Waals surface area contributed by atoms with Gasteiger partial charge in [0.05, 0.1) is 13.1 Å². The molecule has 0 aliphatic heterocycles. The summed E-state index contributed by atoms with van der Waals surface area (Å²) < 4.78 is 37.4. The van der Waals surface area contributed by atoms with Crippen molar-refractivity contribution in [3.8, 4) is 0 Å². The fourth-order valence-corrected chi connectivity index (χ4v) is 2.93. The Bertz CT molecular complexity index is 286. The molecule has 1 rings (SSSR count). The van der Waals surface area contributed by atoms with Gasteiger partial charge in [0.2, 0.25) is 0 Å². The number of hydrogen-bond donors (Lipinski definition) is 1. The van der Waals surface area contributed by atoms with Gasteiger partial charge in [-0.2, -0.15) is 13.2 Å². The summed E-state index contributed by atoms with van der Waals surface area (Å²) in [4.78, 5) is 11.8. The third-order valence-electron chi connectivity index (χ3n) is 3.75. The second kappa shape index (κ2) is 7.12. The average molecular weight is 281 g/mol. The zero-order chi connectivity index (χ0) is 14.5. The van der Waals surface area contributed by atoms with Gasteiger partial charge in [-0.1, -0.05) is 19.8 Å². The number of alkyl halides is 3. The van der Waals surface area contributed by atoms with Crippen molar-refractivity contribution in [1.82, 2.24) is 4.90 Å². The van der Waals surface area contributed by atoms with E-state index in [0.29, 0.717) is 18.8 Å². The molecule has 0 aromatic heterocycles. The molecule has 1 N–H and O–H groups in total. The Morgan fingerprint density at radius 3 is 2.26 bits per heavy atom. The molecule has 0 amide bonds. The third kappa shape index (κ3) is 6.27. The van der Waals surface area contributed by atoms with Crippen molar-refractivity contribution in [3.05, 3.63) is 0 Å². The van der Waals surface area contributed by atoms with Crippen LogP contribution in [0.25, 0.3) is 0 Å². The maximum atomic E-state index is 12.5. The van der Waals surface area contributed by atoms with E-state index in [2.05, 4.69) is 6.92 Å². The quantitative estimate of drug-likeness (QED) is 0.812. The molecule has 1 fully saturated rings. The van der Waals surface area contributed by atoms with Crippen molar-refractivity contribution < 1.29 is 23.1 Å². The molecular formula is C13H22F3NO2. The van der Waals surface area contributed by atoms with Gasteiger partial charge in [0, 0.05) is 6.04 Å². The minimum atomic E-state index is -4.34. The Labute approximate surface area is 111 Å². The lowest BCUT2D eigenvalue weighted by Gasteiger charge is -2.36. The Hall–Kier alpha value is -0.780. The lowest BCUT2D eigenvalue weighted by molar-refractivity contribution is -0.159. The standard InChI is InChI=1S/C13H22F3NO2/c1-2-3-10-4-6-11(7-5-10)17(8-12(18)19)9-13(14,15)16/h10-11H,2-9H2,1H3,(H,18,19). The van der Waals surface area contributed by atoms with Crippen LogP contribution in [-0.2, 0) is 4.79 Å². The molecule has 0 aromatic rings. The summed E-state index contributed by atoms with van der Waals surface area (Å²) in [7, 11) is 0. The largest absolute Gasteiger partial charge is 0.480 e. The maximum Gasteiger partial charge on any atom is 0.401 e. The van der Waals surface area contributed by atoms with Crippen LogP contribution in [0.4, 0.5) is 13.2 Å². The highest BCUT2D eigenvalue weighted by atomic mass is 19.4. The van der Waals surface area contributed by atoms with Crippen LogP contribution >= 0.6 is 0 Å². The zero-order valence-electron chi connectivity index (χ0n) is 11.2. The van der Waals surface area contributed by atoms with Crippen molar-refractivity contribution in [2.24, 2.45) is 5.92 Å². The van der Waals surface area contributed by atoms with Crippen LogP contribution in [0, 0.1) is 5.92 Å². The van der Waals surface area contributed by atoms with Crippen LogP contribution in [0.15, 0.2) is 0 Å². The highest BCUT2D eigenvalue weighted by molar-refractivity contribution is 5.69. The zero-order valence-corrected chi connectivity index (χ0v) is 11.2. The predicted molar refractivity (Wildman–Crippen MR) is 65.9 cm³/mol. The summed E-state index contributed by atoms with van der Waals surface area (Å²) in [5.41, 5.74) is 0. The van der Waals surface area contributed by atoms with Crippen LogP contribution in [0.5, 0.6) is 0 Å². The van der Waals surface area contributed by atoms with Gasteiger partial charge < -0.3 is 5.11 Å². The molecule has 0 aromatic carbocycles. The van der Waals surface area contributed by atoms with E-state index in [9.17, 15) is 18.0 Å². The molecule has 112 valence electrons. The minimum absolute atomic E-state index is 0.245. The van der Waals surface area contributed by atoms with E-state index >= 15 is 0 Å². The Morgan fingerprint density at radius 2 is 1.84 bits per heavy atom. The number of carboxylic acids is 1. The molecule has 1 saturated carbocycles. The fourth-order valence-electron chi connectivity index (χ4n) is 2.93. The number of hydrogen-bond acceptors (Lipinski definition) is 2. The number of halogens is 3. The van der Waals surface area contributed by atoms with Gasteiger partial charge in [0.1, 0.15) is 0 Å². The topological polar surface area (TPSA) is 40.5 Å². The van der Waals surface area contributed by atoms with Crippen molar-refractivity contribution in [2.75, 3.05) is 13.1 Å². The van der Waals surface area contributed by atoms with E-state index in [1.165, 1.54) is 0 Å². The van der Waals surface area contributed by atoms with E-state index in [1.807, 2.05) is 0 Å². The van der Waals surface area contributed by atoms with Crippen molar-refractivity contribution in [3.63, 3.8) is 0 Å². The van der Waals surface area contributed by atoms with Crippen LogP contribution < -0.4 is 0 Å². The molecule has 0 unspecified atom stereocenters. The van der Waals surface area contributed by atoms with E-state index < -0.39 is 25.2 Å². The Morgan fingerprint density at radius 1 is 1.26 bits per heavy atom. The highest BCUT2D eigenvalue weighted by Crippen LogP contribution is 2.31. The molecular weight excluding hydrogens is 259 g/mol. The molecule has 0 heterocycles.